The van der Waals surface area contributed by atoms with Crippen molar-refractivity contribution in [2.24, 2.45) is 0 Å². The Morgan fingerprint density at radius 2 is 1.92 bits per heavy atom. The van der Waals surface area contributed by atoms with Gasteiger partial charge in [-0.05, 0) is 46.6 Å². The van der Waals surface area contributed by atoms with Gasteiger partial charge in [-0.25, -0.2) is 4.98 Å². The number of hydrogen-bond donors (Lipinski definition) is 1. The van der Waals surface area contributed by atoms with E-state index >= 15 is 0 Å². The summed E-state index contributed by atoms with van der Waals surface area (Å²) in [6.07, 6.45) is 1.82. The van der Waals surface area contributed by atoms with Crippen molar-refractivity contribution in [3.05, 3.63) is 58.3 Å². The highest BCUT2D eigenvalue weighted by Crippen LogP contribution is 2.22. The predicted octanol–water partition coefficient (Wildman–Crippen LogP) is 3.60. The van der Waals surface area contributed by atoms with Crippen LogP contribution in [0.1, 0.15) is 16.1 Å². The molecule has 0 bridgehead atoms. The molecule has 6 heteroatoms. The number of fused-ring (bicyclic) bond motifs is 1. The van der Waals surface area contributed by atoms with E-state index < -0.39 is 0 Å². The van der Waals surface area contributed by atoms with Crippen molar-refractivity contribution in [2.75, 3.05) is 31.1 Å². The zero-order valence-electron chi connectivity index (χ0n) is 14.0. The Morgan fingerprint density at radius 3 is 2.64 bits per heavy atom. The highest BCUT2D eigenvalue weighted by molar-refractivity contribution is 9.10. The Bertz CT molecular complexity index is 895. The van der Waals surface area contributed by atoms with E-state index in [1.54, 1.807) is 0 Å². The lowest BCUT2D eigenvalue weighted by Crippen LogP contribution is -2.49. The molecule has 0 spiro atoms. The van der Waals surface area contributed by atoms with Gasteiger partial charge in [-0.3, -0.25) is 4.79 Å². The minimum absolute atomic E-state index is 0.0661. The molecule has 4 rings (SSSR count). The van der Waals surface area contributed by atoms with Crippen molar-refractivity contribution in [3.8, 4) is 0 Å². The summed E-state index contributed by atoms with van der Waals surface area (Å²) in [7, 11) is 0. The van der Waals surface area contributed by atoms with Gasteiger partial charge in [-0.15, -0.1) is 0 Å². The van der Waals surface area contributed by atoms with Crippen LogP contribution in [0.4, 0.5) is 5.82 Å². The number of anilines is 1. The Kier molecular flexibility index (Phi) is 4.21. The summed E-state index contributed by atoms with van der Waals surface area (Å²) >= 11 is 3.45. The van der Waals surface area contributed by atoms with E-state index in [2.05, 4.69) is 43.8 Å². The summed E-state index contributed by atoms with van der Waals surface area (Å²) in [5.41, 5.74) is 2.80. The summed E-state index contributed by atoms with van der Waals surface area (Å²) in [5, 5.41) is 1.07. The highest BCUT2D eigenvalue weighted by atomic mass is 79.9. The molecule has 1 aromatic carbocycles. The van der Waals surface area contributed by atoms with Gasteiger partial charge in [-0.2, -0.15) is 0 Å². The number of benzene rings is 1. The fraction of sp³-hybridized carbons (Fsp3) is 0.263. The maximum absolute atomic E-state index is 12.8. The second-order valence-electron chi connectivity index (χ2n) is 6.34. The smallest absolute Gasteiger partial charge is 0.270 e. The molecule has 128 valence electrons. The minimum atomic E-state index is 0.0661. The number of rotatable bonds is 2. The number of pyridine rings is 1. The molecule has 0 aliphatic carbocycles. The second-order valence-corrected chi connectivity index (χ2v) is 7.26. The van der Waals surface area contributed by atoms with Crippen LogP contribution in [0.2, 0.25) is 0 Å². The quantitative estimate of drug-likeness (QED) is 0.717. The number of piperazine rings is 1. The number of nitrogens with one attached hydrogen (secondary N) is 1. The molecule has 1 amide bonds. The van der Waals surface area contributed by atoms with Gasteiger partial charge in [-0.1, -0.05) is 18.2 Å². The van der Waals surface area contributed by atoms with Crippen LogP contribution < -0.4 is 4.90 Å². The summed E-state index contributed by atoms with van der Waals surface area (Å²) in [4.78, 5) is 24.7. The molecule has 2 aromatic heterocycles. The van der Waals surface area contributed by atoms with Crippen LogP contribution in [-0.4, -0.2) is 47.0 Å². The monoisotopic (exact) mass is 398 g/mol. The summed E-state index contributed by atoms with van der Waals surface area (Å²) < 4.78 is 0.987. The predicted molar refractivity (Wildman–Crippen MR) is 103 cm³/mol. The number of para-hydroxylation sites is 1. The molecule has 0 saturated carbocycles. The molecular formula is C19H19BrN4O. The Hall–Kier alpha value is -2.34. The second kappa shape index (κ2) is 6.52. The van der Waals surface area contributed by atoms with E-state index in [4.69, 9.17) is 0 Å². The molecule has 3 heterocycles. The van der Waals surface area contributed by atoms with Gasteiger partial charge in [0.15, 0.2) is 0 Å². The average molecular weight is 399 g/mol. The maximum Gasteiger partial charge on any atom is 0.270 e. The van der Waals surface area contributed by atoms with Crippen molar-refractivity contribution in [3.63, 3.8) is 0 Å². The van der Waals surface area contributed by atoms with Crippen LogP contribution in [-0.2, 0) is 0 Å². The summed E-state index contributed by atoms with van der Waals surface area (Å²) in [5.74, 6) is 1.07. The molecule has 0 atom stereocenters. The number of H-pyrrole nitrogens is 1. The Labute approximate surface area is 154 Å². The first-order chi connectivity index (χ1) is 12.1. The van der Waals surface area contributed by atoms with Crippen molar-refractivity contribution in [2.45, 2.75) is 6.92 Å². The molecule has 0 radical (unpaired) electrons. The lowest BCUT2D eigenvalue weighted by atomic mass is 10.2. The van der Waals surface area contributed by atoms with Crippen LogP contribution in [0.3, 0.4) is 0 Å². The number of carbonyl (C=O) groups is 1. The number of aromatic amines is 1. The van der Waals surface area contributed by atoms with Gasteiger partial charge < -0.3 is 14.8 Å². The lowest BCUT2D eigenvalue weighted by Gasteiger charge is -2.35. The third-order valence-electron chi connectivity index (χ3n) is 4.64. The summed E-state index contributed by atoms with van der Waals surface area (Å²) in [6, 6.07) is 12.0. The normalized spacial score (nSPS) is 15.0. The van der Waals surface area contributed by atoms with E-state index in [9.17, 15) is 4.79 Å². The summed E-state index contributed by atoms with van der Waals surface area (Å²) in [6.45, 7) is 5.05. The van der Waals surface area contributed by atoms with Crippen molar-refractivity contribution < 1.29 is 4.79 Å². The van der Waals surface area contributed by atoms with E-state index in [-0.39, 0.29) is 5.91 Å². The Morgan fingerprint density at radius 1 is 1.16 bits per heavy atom. The van der Waals surface area contributed by atoms with Gasteiger partial charge in [0.2, 0.25) is 0 Å². The van der Waals surface area contributed by atoms with Crippen molar-refractivity contribution in [1.82, 2.24) is 14.9 Å². The third kappa shape index (κ3) is 3.14. The number of aromatic nitrogens is 2. The highest BCUT2D eigenvalue weighted by Gasteiger charge is 2.24. The van der Waals surface area contributed by atoms with Crippen LogP contribution in [0.5, 0.6) is 0 Å². The van der Waals surface area contributed by atoms with Crippen molar-refractivity contribution in [1.29, 1.82) is 0 Å². The van der Waals surface area contributed by atoms with Crippen LogP contribution in [0, 0.1) is 6.92 Å². The largest absolute Gasteiger partial charge is 0.353 e. The zero-order valence-corrected chi connectivity index (χ0v) is 15.6. The van der Waals surface area contributed by atoms with E-state index in [1.165, 1.54) is 0 Å². The molecule has 1 aliphatic rings. The van der Waals surface area contributed by atoms with Gasteiger partial charge in [0.1, 0.15) is 11.5 Å². The first kappa shape index (κ1) is 16.1. The molecular weight excluding hydrogens is 380 g/mol. The number of amides is 1. The molecule has 25 heavy (non-hydrogen) atoms. The van der Waals surface area contributed by atoms with Crippen LogP contribution in [0.15, 0.2) is 47.1 Å². The standard InChI is InChI=1S/C19H19BrN4O/c1-13-10-15(20)12-21-18(13)23-6-8-24(9-7-23)19(25)17-11-14-4-2-3-5-16(14)22-17/h2-5,10-12,22H,6-9H2,1H3. The number of nitrogens with zero attached hydrogens (tertiary/aromatic N) is 3. The average Bonchev–Trinajstić information content (AvgIpc) is 3.05. The lowest BCUT2D eigenvalue weighted by molar-refractivity contribution is 0.0741. The first-order valence-corrected chi connectivity index (χ1v) is 9.15. The molecule has 1 N–H and O–H groups in total. The topological polar surface area (TPSA) is 52.2 Å². The molecule has 3 aromatic rings. The number of carbonyl (C=O) groups excluding carboxylic acids is 1. The van der Waals surface area contributed by atoms with Crippen LogP contribution >= 0.6 is 15.9 Å². The number of aryl methyl sites for hydroxylation is 1. The van der Waals surface area contributed by atoms with Gasteiger partial charge in [0, 0.05) is 47.8 Å². The number of hydrogen-bond acceptors (Lipinski definition) is 3. The minimum Gasteiger partial charge on any atom is -0.353 e. The molecule has 0 unspecified atom stereocenters. The first-order valence-electron chi connectivity index (χ1n) is 8.36. The maximum atomic E-state index is 12.8. The number of halogens is 1. The fourth-order valence-electron chi connectivity index (χ4n) is 3.34. The fourth-order valence-corrected chi connectivity index (χ4v) is 3.79. The van der Waals surface area contributed by atoms with E-state index in [0.29, 0.717) is 18.8 Å². The van der Waals surface area contributed by atoms with Crippen LogP contribution in [0.25, 0.3) is 10.9 Å². The molecule has 1 aliphatic heterocycles. The third-order valence-corrected chi connectivity index (χ3v) is 5.08. The van der Waals surface area contributed by atoms with E-state index in [1.807, 2.05) is 41.4 Å². The molecule has 1 fully saturated rings. The van der Waals surface area contributed by atoms with Gasteiger partial charge in [0.05, 0.1) is 0 Å². The molecule has 5 nitrogen and oxygen atoms in total. The zero-order chi connectivity index (χ0) is 17.4. The SMILES string of the molecule is Cc1cc(Br)cnc1N1CCN(C(=O)c2cc3ccccc3[nH]2)CC1. The molecule has 1 saturated heterocycles. The van der Waals surface area contributed by atoms with Gasteiger partial charge >= 0.3 is 0 Å². The van der Waals surface area contributed by atoms with Gasteiger partial charge in [0.25, 0.3) is 5.91 Å². The van der Waals surface area contributed by atoms with Crippen molar-refractivity contribution >= 4 is 38.6 Å². The Balaban J connectivity index is 1.46. The van der Waals surface area contributed by atoms with E-state index in [0.717, 1.165) is 39.8 Å².